The first-order valence-electron chi connectivity index (χ1n) is 8.87. The van der Waals surface area contributed by atoms with Gasteiger partial charge in [0.2, 0.25) is 5.76 Å². The van der Waals surface area contributed by atoms with Crippen LogP contribution in [-0.4, -0.2) is 35.4 Å². The molecule has 1 N–H and O–H groups in total. The number of ether oxygens (including phenoxy) is 2. The Kier molecular flexibility index (Phi) is 6.11. The van der Waals surface area contributed by atoms with Gasteiger partial charge >= 0.3 is 5.91 Å². The van der Waals surface area contributed by atoms with E-state index in [4.69, 9.17) is 13.9 Å². The zero-order valence-electron chi connectivity index (χ0n) is 15.4. The summed E-state index contributed by atoms with van der Waals surface area (Å²) in [6.45, 7) is 4.23. The lowest BCUT2D eigenvalue weighted by Gasteiger charge is -2.15. The molecule has 0 atom stereocenters. The largest absolute Gasteiger partial charge is 0.492 e. The topological polar surface area (TPSA) is 72.1 Å². The molecule has 3 aromatic rings. The molecule has 0 fully saturated rings. The predicted octanol–water partition coefficient (Wildman–Crippen LogP) is 4.27. The lowest BCUT2D eigenvalue weighted by atomic mass is 10.1. The average molecular weight is 369 g/mol. The van der Waals surface area contributed by atoms with E-state index >= 15 is 0 Å². The Hall–Kier alpha value is -2.83. The third-order valence-electron chi connectivity index (χ3n) is 4.00. The molecule has 0 spiro atoms. The maximum Gasteiger partial charge on any atom is 0.313 e. The average Bonchev–Trinajstić information content (AvgIpc) is 3.05. The molecule has 0 bridgehead atoms. The second-order valence-corrected chi connectivity index (χ2v) is 6.36. The van der Waals surface area contributed by atoms with E-state index in [0.717, 1.165) is 5.39 Å². The van der Waals surface area contributed by atoms with Gasteiger partial charge in [-0.25, -0.2) is 5.06 Å². The number of furan rings is 1. The van der Waals surface area contributed by atoms with E-state index in [1.807, 2.05) is 62.4 Å². The van der Waals surface area contributed by atoms with E-state index in [1.165, 1.54) is 0 Å². The molecular weight excluding hydrogens is 346 g/mol. The number of para-hydroxylation sites is 2. The Labute approximate surface area is 157 Å². The summed E-state index contributed by atoms with van der Waals surface area (Å²) in [4.78, 5) is 12.7. The summed E-state index contributed by atoms with van der Waals surface area (Å²) >= 11 is 0. The highest BCUT2D eigenvalue weighted by Gasteiger charge is 2.24. The van der Waals surface area contributed by atoms with Gasteiger partial charge in [0.05, 0.1) is 19.3 Å². The van der Waals surface area contributed by atoms with E-state index in [1.54, 1.807) is 6.07 Å². The van der Waals surface area contributed by atoms with Crippen LogP contribution in [0.5, 0.6) is 5.75 Å². The minimum Gasteiger partial charge on any atom is -0.492 e. The molecule has 27 heavy (non-hydrogen) atoms. The fraction of sp³-hybridized carbons (Fsp3) is 0.286. The number of carbonyl (C=O) groups excluding carboxylic acids is 1. The minimum atomic E-state index is -0.620. The molecule has 0 aliphatic rings. The molecule has 2 aromatic carbocycles. The lowest BCUT2D eigenvalue weighted by Crippen LogP contribution is -2.32. The Morgan fingerprint density at radius 3 is 2.56 bits per heavy atom. The van der Waals surface area contributed by atoms with Gasteiger partial charge in [0, 0.05) is 10.9 Å². The van der Waals surface area contributed by atoms with E-state index in [9.17, 15) is 10.0 Å². The maximum atomic E-state index is 12.7. The molecule has 0 aliphatic heterocycles. The zero-order chi connectivity index (χ0) is 19.2. The van der Waals surface area contributed by atoms with Crippen molar-refractivity contribution in [2.45, 2.75) is 26.6 Å². The van der Waals surface area contributed by atoms with Crippen LogP contribution in [0.2, 0.25) is 0 Å². The number of benzene rings is 2. The monoisotopic (exact) mass is 369 g/mol. The van der Waals surface area contributed by atoms with Crippen LogP contribution in [0.3, 0.4) is 0 Å². The van der Waals surface area contributed by atoms with Crippen molar-refractivity contribution in [1.82, 2.24) is 5.06 Å². The van der Waals surface area contributed by atoms with Crippen LogP contribution in [0, 0.1) is 0 Å². The highest BCUT2D eigenvalue weighted by atomic mass is 16.5. The van der Waals surface area contributed by atoms with Crippen LogP contribution in [0.25, 0.3) is 11.0 Å². The van der Waals surface area contributed by atoms with Crippen molar-refractivity contribution in [3.8, 4) is 5.75 Å². The zero-order valence-corrected chi connectivity index (χ0v) is 15.4. The van der Waals surface area contributed by atoms with Gasteiger partial charge in [-0.15, -0.1) is 0 Å². The SMILES string of the molecule is CC(C)OCc1c(C(=O)N(O)CCOc2ccccc2)oc2ccccc12. The molecule has 3 rings (SSSR count). The number of nitrogens with zero attached hydrogens (tertiary/aromatic N) is 1. The Bertz CT molecular complexity index is 888. The maximum absolute atomic E-state index is 12.7. The van der Waals surface area contributed by atoms with Gasteiger partial charge in [-0.05, 0) is 32.0 Å². The van der Waals surface area contributed by atoms with E-state index in [0.29, 0.717) is 22.0 Å². The van der Waals surface area contributed by atoms with Gasteiger partial charge < -0.3 is 13.9 Å². The standard InChI is InChI=1S/C21H23NO5/c1-15(2)26-14-18-17-10-6-7-11-19(17)27-20(18)21(23)22(24)12-13-25-16-8-4-3-5-9-16/h3-11,15,24H,12-14H2,1-2H3. The Balaban J connectivity index is 1.72. The molecule has 142 valence electrons. The first-order valence-corrected chi connectivity index (χ1v) is 8.87. The quantitative estimate of drug-likeness (QED) is 0.474. The smallest absolute Gasteiger partial charge is 0.313 e. The van der Waals surface area contributed by atoms with Crippen LogP contribution in [0.4, 0.5) is 0 Å². The summed E-state index contributed by atoms with van der Waals surface area (Å²) in [6.07, 6.45) is 0.00566. The van der Waals surface area contributed by atoms with Gasteiger partial charge in [-0.1, -0.05) is 36.4 Å². The normalized spacial score (nSPS) is 11.1. The molecule has 0 saturated carbocycles. The summed E-state index contributed by atoms with van der Waals surface area (Å²) in [7, 11) is 0. The summed E-state index contributed by atoms with van der Waals surface area (Å²) in [5.74, 6) is 0.136. The summed E-state index contributed by atoms with van der Waals surface area (Å²) < 4.78 is 16.9. The third kappa shape index (κ3) is 4.67. The van der Waals surface area contributed by atoms with Gasteiger partial charge in [-0.2, -0.15) is 0 Å². The number of hydroxylamine groups is 2. The second-order valence-electron chi connectivity index (χ2n) is 6.36. The lowest BCUT2D eigenvalue weighted by molar-refractivity contribution is -0.0657. The second kappa shape index (κ2) is 8.70. The molecule has 6 heteroatoms. The minimum absolute atomic E-state index is 0.00566. The summed E-state index contributed by atoms with van der Waals surface area (Å²) in [6, 6.07) is 16.6. The van der Waals surface area contributed by atoms with Crippen molar-refractivity contribution in [3.05, 3.63) is 65.9 Å². The van der Waals surface area contributed by atoms with Crippen molar-refractivity contribution in [3.63, 3.8) is 0 Å². The van der Waals surface area contributed by atoms with Gasteiger partial charge in [0.25, 0.3) is 0 Å². The van der Waals surface area contributed by atoms with Crippen LogP contribution in [0.1, 0.15) is 30.0 Å². The highest BCUT2D eigenvalue weighted by Crippen LogP contribution is 2.27. The highest BCUT2D eigenvalue weighted by molar-refractivity contribution is 5.98. The number of rotatable bonds is 8. The van der Waals surface area contributed by atoms with Crippen molar-refractivity contribution >= 4 is 16.9 Å². The van der Waals surface area contributed by atoms with Crippen molar-refractivity contribution in [1.29, 1.82) is 0 Å². The van der Waals surface area contributed by atoms with Crippen molar-refractivity contribution < 1.29 is 23.9 Å². The molecule has 0 radical (unpaired) electrons. The molecule has 1 aromatic heterocycles. The predicted molar refractivity (Wildman–Crippen MR) is 101 cm³/mol. The molecule has 0 saturated heterocycles. The fourth-order valence-corrected chi connectivity index (χ4v) is 2.65. The van der Waals surface area contributed by atoms with E-state index in [2.05, 4.69) is 0 Å². The van der Waals surface area contributed by atoms with Crippen molar-refractivity contribution in [2.75, 3.05) is 13.2 Å². The summed E-state index contributed by atoms with van der Waals surface area (Å²) in [5.41, 5.74) is 1.21. The third-order valence-corrected chi connectivity index (χ3v) is 4.00. The van der Waals surface area contributed by atoms with Crippen LogP contribution in [-0.2, 0) is 11.3 Å². The molecular formula is C21H23NO5. The number of hydrogen-bond donors (Lipinski definition) is 1. The van der Waals surface area contributed by atoms with Crippen LogP contribution < -0.4 is 4.74 Å². The molecule has 0 unspecified atom stereocenters. The Morgan fingerprint density at radius 1 is 1.11 bits per heavy atom. The molecule has 0 aliphatic carbocycles. The Morgan fingerprint density at radius 2 is 1.81 bits per heavy atom. The molecule has 1 amide bonds. The van der Waals surface area contributed by atoms with Gasteiger partial charge in [-0.3, -0.25) is 10.0 Å². The van der Waals surface area contributed by atoms with Crippen LogP contribution in [0.15, 0.2) is 59.0 Å². The van der Waals surface area contributed by atoms with E-state index < -0.39 is 5.91 Å². The van der Waals surface area contributed by atoms with Crippen LogP contribution >= 0.6 is 0 Å². The van der Waals surface area contributed by atoms with Gasteiger partial charge in [0.1, 0.15) is 17.9 Å². The first-order chi connectivity index (χ1) is 13.1. The number of fused-ring (bicyclic) bond motifs is 1. The van der Waals surface area contributed by atoms with Crippen molar-refractivity contribution in [2.24, 2.45) is 0 Å². The fourth-order valence-electron chi connectivity index (χ4n) is 2.65. The van der Waals surface area contributed by atoms with Gasteiger partial charge in [0.15, 0.2) is 0 Å². The number of amides is 1. The molecule has 6 nitrogen and oxygen atoms in total. The number of carbonyl (C=O) groups is 1. The first kappa shape index (κ1) is 18.9. The molecule has 1 heterocycles. The summed E-state index contributed by atoms with van der Waals surface area (Å²) in [5, 5.41) is 11.6. The number of hydrogen-bond acceptors (Lipinski definition) is 5. The van der Waals surface area contributed by atoms with E-state index in [-0.39, 0.29) is 31.6 Å².